The van der Waals surface area contributed by atoms with Crippen molar-refractivity contribution in [2.24, 2.45) is 4.99 Å². The van der Waals surface area contributed by atoms with E-state index in [9.17, 15) is 9.36 Å². The van der Waals surface area contributed by atoms with Gasteiger partial charge in [-0.2, -0.15) is 11.9 Å². The zero-order valence-corrected chi connectivity index (χ0v) is 7.73. The fraction of sp³-hybridized carbons (Fsp3) is 0. The van der Waals surface area contributed by atoms with Gasteiger partial charge in [0.2, 0.25) is 0 Å². The molecule has 0 atom stereocenters. The van der Waals surface area contributed by atoms with Crippen molar-refractivity contribution < 1.29 is 26.4 Å². The molecule has 0 unspecified atom stereocenters. The first kappa shape index (κ1) is 7.72. The minimum atomic E-state index is -4.66. The van der Waals surface area contributed by atoms with Crippen LogP contribution in [0.25, 0.3) is 0 Å². The van der Waals surface area contributed by atoms with E-state index >= 15 is 0 Å². The van der Waals surface area contributed by atoms with Crippen molar-refractivity contribution in [1.82, 2.24) is 0 Å². The minimum absolute atomic E-state index is 0.946. The van der Waals surface area contributed by atoms with Crippen LogP contribution in [0.5, 0.6) is 0 Å². The Balaban J connectivity index is 2.33. The monoisotopic (exact) mass is 225 g/mol. The summed E-state index contributed by atoms with van der Waals surface area (Å²) in [5.41, 5.74) is 0.946. The van der Waals surface area contributed by atoms with Crippen LogP contribution in [0.15, 0.2) is 16.6 Å². The Morgan fingerprint density at radius 3 is 2.38 bits per heavy atom. The lowest BCUT2D eigenvalue weighted by atomic mass is 11.1. The Bertz CT molecular complexity index is 431. The number of rotatable bonds is 0. The third kappa shape index (κ3) is 0.461. The molecule has 0 aromatic heterocycles. The molecule has 72 valence electrons. The molecule has 13 heavy (non-hydrogen) atoms. The maximum absolute atomic E-state index is 11.0. The van der Waals surface area contributed by atoms with Crippen molar-refractivity contribution in [3.05, 3.63) is 11.6 Å². The molecule has 4 aliphatic heterocycles. The van der Waals surface area contributed by atoms with Crippen molar-refractivity contribution in [3.8, 4) is 0 Å². The van der Waals surface area contributed by atoms with Gasteiger partial charge in [-0.1, -0.05) is 0 Å². The molecule has 0 aromatic carbocycles. The van der Waals surface area contributed by atoms with Gasteiger partial charge in [-0.3, -0.25) is 4.99 Å². The molecule has 0 amide bonds. The molecule has 1 N–H and O–H groups in total. The van der Waals surface area contributed by atoms with Gasteiger partial charge in [0.1, 0.15) is 14.7 Å². The summed E-state index contributed by atoms with van der Waals surface area (Å²) in [6.07, 6.45) is 1.19. The number of carboxylic acid groups (broad SMARTS) is 1. The maximum atomic E-state index is 11.0. The van der Waals surface area contributed by atoms with Crippen molar-refractivity contribution >= 4 is 27.8 Å². The van der Waals surface area contributed by atoms with Gasteiger partial charge in [0.15, 0.2) is 0 Å². The van der Waals surface area contributed by atoms with Crippen LogP contribution >= 0.6 is 17.0 Å². The van der Waals surface area contributed by atoms with E-state index in [0.717, 1.165) is 11.0 Å². The second kappa shape index (κ2) is 1.32. The molecule has 9 heteroatoms. The molecular weight excluding hydrogens is 221 g/mol. The highest BCUT2D eigenvalue weighted by Crippen LogP contribution is 3.22. The number of nitrogens with zero attached hydrogens (tertiary/aromatic N) is 1. The highest BCUT2D eigenvalue weighted by molar-refractivity contribution is 8.82. The quantitative estimate of drug-likeness (QED) is 0.633. The average molecular weight is 225 g/mol. The van der Waals surface area contributed by atoms with E-state index in [2.05, 4.69) is 4.99 Å². The van der Waals surface area contributed by atoms with E-state index in [1.807, 2.05) is 0 Å². The Labute approximate surface area is 71.5 Å². The molecule has 1 spiro atoms. The van der Waals surface area contributed by atoms with Gasteiger partial charge < -0.3 is 5.11 Å². The van der Waals surface area contributed by atoms with Crippen LogP contribution < -0.4 is 0 Å². The summed E-state index contributed by atoms with van der Waals surface area (Å²) in [5, 5.41) is 8.65. The predicted octanol–water partition coefficient (Wildman–Crippen LogP) is 1.98. The highest BCUT2D eigenvalue weighted by Gasteiger charge is 2.97. The summed E-state index contributed by atoms with van der Waals surface area (Å²) in [7, 11) is -8.20. The second-order valence-corrected chi connectivity index (χ2v) is 9.20. The van der Waals surface area contributed by atoms with E-state index < -0.39 is 22.3 Å². The Hall–Kier alpha value is -0.660. The zero-order valence-electron chi connectivity index (χ0n) is 6.02. The molecule has 3 fully saturated rings. The summed E-state index contributed by atoms with van der Waals surface area (Å²) in [6.45, 7) is 0. The predicted molar refractivity (Wildman–Crippen MR) is 44.1 cm³/mol. The lowest BCUT2D eigenvalue weighted by Gasteiger charge is -2.81. The van der Waals surface area contributed by atoms with Crippen molar-refractivity contribution in [2.75, 3.05) is 0 Å². The molecule has 7 nitrogen and oxygen atoms in total. The van der Waals surface area contributed by atoms with E-state index in [-0.39, 0.29) is 0 Å². The van der Waals surface area contributed by atoms with Gasteiger partial charge in [-0.15, -0.1) is 0 Å². The summed E-state index contributed by atoms with van der Waals surface area (Å²) < 4.78 is 25.4. The van der Waals surface area contributed by atoms with E-state index in [1.54, 1.807) is 0 Å². The molecule has 0 saturated carbocycles. The van der Waals surface area contributed by atoms with Crippen LogP contribution in [0, 0.1) is 0 Å². The first-order valence-electron chi connectivity index (χ1n) is 3.18. The summed E-state index contributed by atoms with van der Waals surface area (Å²) in [6, 6.07) is 0. The van der Waals surface area contributed by atoms with Crippen LogP contribution in [0.3, 0.4) is 0 Å². The molecule has 4 rings (SSSR count). The lowest BCUT2D eigenvalue weighted by molar-refractivity contribution is 0.111. The molecule has 3 saturated heterocycles. The standard InChI is InChI=1S/C4H4NO6PS/c6-4(7)13(2-1-5-3-13)9-12(8,10-13)11-13/h1-3H,(H,6,7). The normalized spacial score (nSPS) is 49.2. The van der Waals surface area contributed by atoms with E-state index in [4.69, 9.17) is 17.0 Å². The van der Waals surface area contributed by atoms with Crippen molar-refractivity contribution in [3.63, 3.8) is 0 Å². The third-order valence-electron chi connectivity index (χ3n) is 2.01. The van der Waals surface area contributed by atoms with Gasteiger partial charge in [0, 0.05) is 11.6 Å². The third-order valence-corrected chi connectivity index (χ3v) is 10.8. The number of hydrogen-bond acceptors (Lipinski definition) is 6. The van der Waals surface area contributed by atoms with Gasteiger partial charge in [0.25, 0.3) is 0 Å². The molecule has 0 radical (unpaired) electrons. The van der Waals surface area contributed by atoms with Gasteiger partial charge in [0.05, 0.1) is 0 Å². The number of carbonyl (C=O) groups is 1. The summed E-state index contributed by atoms with van der Waals surface area (Å²) in [4.78, 5) is 14.6. The molecule has 2 bridgehead atoms. The van der Waals surface area contributed by atoms with Gasteiger partial charge in [-0.05, 0) is 0 Å². The minimum Gasteiger partial charge on any atom is -0.470 e. The van der Waals surface area contributed by atoms with Gasteiger partial charge >= 0.3 is 13.1 Å². The number of aliphatic imine (C=N–C) groups is 1. The Morgan fingerprint density at radius 2 is 2.08 bits per heavy atom. The second-order valence-electron chi connectivity index (χ2n) is 2.88. The van der Waals surface area contributed by atoms with Crippen molar-refractivity contribution in [1.29, 1.82) is 0 Å². The first-order chi connectivity index (χ1) is 5.89. The average Bonchev–Trinajstić information content (AvgIpc) is 2.29. The zero-order chi connectivity index (χ0) is 9.44. The smallest absolute Gasteiger partial charge is 0.470 e. The SMILES string of the molecule is O=C(O)S123(C=CN=C1)OP(=O)(O2)O3. The fourth-order valence-electron chi connectivity index (χ4n) is 1.41. The maximum Gasteiger partial charge on any atom is 0.513 e. The number of phosphoric acid groups is 1. The van der Waals surface area contributed by atoms with Crippen LogP contribution in [0.4, 0.5) is 4.79 Å². The highest BCUT2D eigenvalue weighted by atomic mass is 32.4. The molecule has 4 heterocycles. The van der Waals surface area contributed by atoms with E-state index in [0.29, 0.717) is 0 Å². The molecule has 0 aliphatic carbocycles. The Kier molecular flexibility index (Phi) is 0.782. The Morgan fingerprint density at radius 1 is 1.46 bits per heavy atom. The first-order valence-corrected chi connectivity index (χ1v) is 6.99. The van der Waals surface area contributed by atoms with Crippen LogP contribution in [-0.2, 0) is 16.5 Å². The van der Waals surface area contributed by atoms with Crippen molar-refractivity contribution in [2.45, 2.75) is 0 Å². The largest absolute Gasteiger partial charge is 0.513 e. The van der Waals surface area contributed by atoms with Crippen LogP contribution in [-0.4, -0.2) is 16.0 Å². The van der Waals surface area contributed by atoms with Gasteiger partial charge in [-0.25, -0.2) is 9.36 Å². The molecule has 0 aromatic rings. The van der Waals surface area contributed by atoms with Crippen LogP contribution in [0.2, 0.25) is 0 Å². The lowest BCUT2D eigenvalue weighted by Crippen LogP contribution is -2.61. The topological polar surface area (TPSA) is 94.4 Å². The summed E-state index contributed by atoms with van der Waals surface area (Å²) >= 11 is 0. The fourth-order valence-corrected chi connectivity index (χ4v) is 9.76. The summed E-state index contributed by atoms with van der Waals surface area (Å²) in [5.74, 6) is 0. The number of hydrogen-bond donors (Lipinski definition) is 1. The molecular formula is C4H4NO6PS. The van der Waals surface area contributed by atoms with Crippen LogP contribution in [0.1, 0.15) is 0 Å². The van der Waals surface area contributed by atoms with E-state index in [1.165, 1.54) is 6.20 Å². The molecule has 4 aliphatic rings.